The number of benzene rings is 8. The van der Waals surface area contributed by atoms with Crippen LogP contribution in [0, 0.1) is 0 Å². The molecule has 0 aliphatic carbocycles. The second kappa shape index (κ2) is 9.66. The Hall–Kier alpha value is -5.24. The van der Waals surface area contributed by atoms with Crippen molar-refractivity contribution in [2.75, 3.05) is 0 Å². The lowest BCUT2D eigenvalue weighted by Gasteiger charge is -2.19. The van der Waals surface area contributed by atoms with Crippen molar-refractivity contribution >= 4 is 63.8 Å². The van der Waals surface area contributed by atoms with E-state index in [4.69, 9.17) is 0 Å². The zero-order chi connectivity index (χ0) is 28.3. The first-order chi connectivity index (χ1) is 21.3. The van der Waals surface area contributed by atoms with Gasteiger partial charge in [-0.05, 0) is 77.8 Å². The zero-order valence-electron chi connectivity index (χ0n) is 23.4. The van der Waals surface area contributed by atoms with Crippen molar-refractivity contribution in [2.24, 2.45) is 0 Å². The maximum atomic E-state index is 2.34. The molecule has 0 N–H and O–H groups in total. The highest BCUT2D eigenvalue weighted by Gasteiger charge is 2.19. The summed E-state index contributed by atoms with van der Waals surface area (Å²) in [6, 6.07) is 57.9. The van der Waals surface area contributed by atoms with Gasteiger partial charge in [-0.1, -0.05) is 146 Å². The normalized spacial score (nSPS) is 11.7. The molecule has 0 spiro atoms. The minimum Gasteiger partial charge on any atom is -0.135 e. The molecule has 0 aliphatic rings. The van der Waals surface area contributed by atoms with Crippen LogP contribution in [0.15, 0.2) is 158 Å². The molecule has 0 radical (unpaired) electrons. The smallest absolute Gasteiger partial charge is 0.0361 e. The second-order valence-electron chi connectivity index (χ2n) is 11.2. The lowest BCUT2D eigenvalue weighted by atomic mass is 9.84. The van der Waals surface area contributed by atoms with E-state index in [1.54, 1.807) is 0 Å². The van der Waals surface area contributed by atoms with Gasteiger partial charge in [0.2, 0.25) is 0 Å². The average molecular weight is 563 g/mol. The highest BCUT2D eigenvalue weighted by Crippen LogP contribution is 2.47. The summed E-state index contributed by atoms with van der Waals surface area (Å²) in [5.41, 5.74) is 7.60. The van der Waals surface area contributed by atoms with Crippen molar-refractivity contribution in [1.29, 1.82) is 0 Å². The van der Waals surface area contributed by atoms with E-state index in [-0.39, 0.29) is 0 Å². The molecule has 0 aliphatic heterocycles. The van der Waals surface area contributed by atoms with Gasteiger partial charge in [0, 0.05) is 20.2 Å². The van der Waals surface area contributed by atoms with E-state index in [0.717, 1.165) is 0 Å². The summed E-state index contributed by atoms with van der Waals surface area (Å²) in [6.07, 6.45) is 0. The van der Waals surface area contributed by atoms with E-state index in [2.05, 4.69) is 158 Å². The van der Waals surface area contributed by atoms with E-state index < -0.39 is 0 Å². The standard InChI is InChI=1S/C42H26S/c1-2-11-27(12-3-1)28-21-23-29(24-22-28)40-33-13-4-6-15-35(33)41(36-16-7-5-14-34(36)40)31-18-10-19-32-30(31)25-26-39-42(32)37-17-8-9-20-38(37)43-39/h1-26H. The average Bonchev–Trinajstić information content (AvgIpc) is 3.47. The fourth-order valence-electron chi connectivity index (χ4n) is 6.99. The Morgan fingerprint density at radius 1 is 0.279 bits per heavy atom. The second-order valence-corrected chi connectivity index (χ2v) is 12.3. The van der Waals surface area contributed by atoms with Gasteiger partial charge in [0.05, 0.1) is 0 Å². The first-order valence-electron chi connectivity index (χ1n) is 14.8. The van der Waals surface area contributed by atoms with Gasteiger partial charge in [0.15, 0.2) is 0 Å². The minimum absolute atomic E-state index is 1.23. The molecule has 1 heteroatoms. The highest BCUT2D eigenvalue weighted by molar-refractivity contribution is 7.26. The molecule has 200 valence electrons. The first kappa shape index (κ1) is 24.4. The van der Waals surface area contributed by atoms with Crippen LogP contribution in [0.5, 0.6) is 0 Å². The summed E-state index contributed by atoms with van der Waals surface area (Å²) >= 11 is 1.88. The van der Waals surface area contributed by atoms with E-state index in [9.17, 15) is 0 Å². The Morgan fingerprint density at radius 3 is 1.51 bits per heavy atom. The summed E-state index contributed by atoms with van der Waals surface area (Å²) in [7, 11) is 0. The molecule has 0 atom stereocenters. The van der Waals surface area contributed by atoms with Crippen LogP contribution < -0.4 is 0 Å². The predicted octanol–water partition coefficient (Wildman–Crippen LogP) is 12.5. The van der Waals surface area contributed by atoms with Crippen molar-refractivity contribution in [3.8, 4) is 33.4 Å². The molecule has 0 fully saturated rings. The molecule has 0 saturated heterocycles. The van der Waals surface area contributed by atoms with Crippen molar-refractivity contribution in [3.05, 3.63) is 158 Å². The third-order valence-electron chi connectivity index (χ3n) is 8.88. The molecule has 0 amide bonds. The number of rotatable bonds is 3. The van der Waals surface area contributed by atoms with Gasteiger partial charge in [-0.2, -0.15) is 0 Å². The predicted molar refractivity (Wildman–Crippen MR) is 188 cm³/mol. The quantitative estimate of drug-likeness (QED) is 0.188. The van der Waals surface area contributed by atoms with E-state index in [0.29, 0.717) is 0 Å². The van der Waals surface area contributed by atoms with Crippen LogP contribution in [0.4, 0.5) is 0 Å². The van der Waals surface area contributed by atoms with Crippen LogP contribution in [-0.4, -0.2) is 0 Å². The minimum atomic E-state index is 1.23. The van der Waals surface area contributed by atoms with Crippen LogP contribution in [0.3, 0.4) is 0 Å². The molecule has 1 aromatic heterocycles. The number of thiophene rings is 1. The molecule has 9 aromatic rings. The molecule has 0 bridgehead atoms. The van der Waals surface area contributed by atoms with Gasteiger partial charge in [-0.3, -0.25) is 0 Å². The van der Waals surface area contributed by atoms with Gasteiger partial charge in [0.1, 0.15) is 0 Å². The zero-order valence-corrected chi connectivity index (χ0v) is 24.2. The Balaban J connectivity index is 1.34. The van der Waals surface area contributed by atoms with Crippen LogP contribution in [0.1, 0.15) is 0 Å². The fraction of sp³-hybridized carbons (Fsp3) is 0. The lowest BCUT2D eigenvalue weighted by molar-refractivity contribution is 1.61. The summed E-state index contributed by atoms with van der Waals surface area (Å²) < 4.78 is 2.68. The Bertz CT molecular complexity index is 2420. The summed E-state index contributed by atoms with van der Waals surface area (Å²) in [5.74, 6) is 0. The topological polar surface area (TPSA) is 0 Å². The SMILES string of the molecule is c1ccc(-c2ccc(-c3c4ccccc4c(-c4cccc5c4ccc4sc6ccccc6c45)c4ccccc34)cc2)cc1. The third kappa shape index (κ3) is 3.75. The number of hydrogen-bond acceptors (Lipinski definition) is 1. The van der Waals surface area contributed by atoms with Crippen LogP contribution in [0.25, 0.3) is 85.9 Å². The van der Waals surface area contributed by atoms with Crippen molar-refractivity contribution in [3.63, 3.8) is 0 Å². The third-order valence-corrected chi connectivity index (χ3v) is 10.0. The van der Waals surface area contributed by atoms with Crippen LogP contribution >= 0.6 is 11.3 Å². The summed E-state index contributed by atoms with van der Waals surface area (Å²) in [5, 5.41) is 10.5. The Labute approximate surface area is 254 Å². The molecule has 0 nitrogen and oxygen atoms in total. The highest BCUT2D eigenvalue weighted by atomic mass is 32.1. The maximum Gasteiger partial charge on any atom is 0.0361 e. The Kier molecular flexibility index (Phi) is 5.47. The van der Waals surface area contributed by atoms with E-state index in [1.165, 1.54) is 85.9 Å². The molecule has 0 unspecified atom stereocenters. The monoisotopic (exact) mass is 562 g/mol. The van der Waals surface area contributed by atoms with Gasteiger partial charge >= 0.3 is 0 Å². The van der Waals surface area contributed by atoms with Crippen molar-refractivity contribution in [1.82, 2.24) is 0 Å². The van der Waals surface area contributed by atoms with Gasteiger partial charge < -0.3 is 0 Å². The fourth-order valence-corrected chi connectivity index (χ4v) is 8.11. The summed E-state index contributed by atoms with van der Waals surface area (Å²) in [4.78, 5) is 0. The molecular weight excluding hydrogens is 537 g/mol. The maximum absolute atomic E-state index is 2.34. The van der Waals surface area contributed by atoms with Crippen molar-refractivity contribution < 1.29 is 0 Å². The lowest BCUT2D eigenvalue weighted by Crippen LogP contribution is -1.91. The molecule has 43 heavy (non-hydrogen) atoms. The Morgan fingerprint density at radius 2 is 0.814 bits per heavy atom. The molecule has 1 heterocycles. The van der Waals surface area contributed by atoms with Gasteiger partial charge in [0.25, 0.3) is 0 Å². The van der Waals surface area contributed by atoms with E-state index in [1.807, 2.05) is 11.3 Å². The van der Waals surface area contributed by atoms with Gasteiger partial charge in [-0.15, -0.1) is 11.3 Å². The van der Waals surface area contributed by atoms with Gasteiger partial charge in [-0.25, -0.2) is 0 Å². The largest absolute Gasteiger partial charge is 0.135 e. The van der Waals surface area contributed by atoms with Crippen LogP contribution in [0.2, 0.25) is 0 Å². The molecule has 9 rings (SSSR count). The summed E-state index contributed by atoms with van der Waals surface area (Å²) in [6.45, 7) is 0. The molecular formula is C42H26S. The van der Waals surface area contributed by atoms with E-state index >= 15 is 0 Å². The van der Waals surface area contributed by atoms with Crippen LogP contribution in [-0.2, 0) is 0 Å². The number of hydrogen-bond donors (Lipinski definition) is 0. The number of fused-ring (bicyclic) bond motifs is 7. The van der Waals surface area contributed by atoms with Crippen molar-refractivity contribution in [2.45, 2.75) is 0 Å². The molecule has 0 saturated carbocycles. The molecule has 8 aromatic carbocycles. The first-order valence-corrected chi connectivity index (χ1v) is 15.6.